The molecule has 9 heavy (non-hydrogen) atoms. The molecule has 54 valence electrons. The van der Waals surface area contributed by atoms with E-state index in [1.165, 1.54) is 0 Å². The first kappa shape index (κ1) is 6.93. The van der Waals surface area contributed by atoms with Gasteiger partial charge in [0.25, 0.3) is 0 Å². The molecule has 0 bridgehead atoms. The summed E-state index contributed by atoms with van der Waals surface area (Å²) in [6.07, 6.45) is 0.688. The van der Waals surface area contributed by atoms with Gasteiger partial charge >= 0.3 is 0 Å². The zero-order valence-electron chi connectivity index (χ0n) is 5.32. The van der Waals surface area contributed by atoms with Crippen molar-refractivity contribution >= 4 is 0 Å². The van der Waals surface area contributed by atoms with Crippen LogP contribution < -0.4 is 0 Å². The minimum Gasteiger partial charge on any atom is -0.272 e. The molecule has 0 aromatic carbocycles. The van der Waals surface area contributed by atoms with Crippen LogP contribution in [0.2, 0.25) is 0 Å². The van der Waals surface area contributed by atoms with E-state index in [9.17, 15) is 8.78 Å². The van der Waals surface area contributed by atoms with Crippen LogP contribution in [0.1, 0.15) is 12.8 Å². The Morgan fingerprint density at radius 1 is 1.33 bits per heavy atom. The number of rotatable bonds is 2. The maximum atomic E-state index is 12.4. The third kappa shape index (κ3) is 1.61. The highest BCUT2D eigenvalue weighted by Gasteiger charge is 2.20. The summed E-state index contributed by atoms with van der Waals surface area (Å²) in [7, 11) is 0. The summed E-state index contributed by atoms with van der Waals surface area (Å²) in [4.78, 5) is 1.54. The smallest absolute Gasteiger partial charge is 0.182 e. The normalized spacial score (nSPS) is 24.7. The van der Waals surface area contributed by atoms with Crippen LogP contribution in [0.25, 0.3) is 0 Å². The van der Waals surface area contributed by atoms with Crippen LogP contribution in [0.5, 0.6) is 0 Å². The minimum atomic E-state index is -1.34. The quantitative estimate of drug-likeness (QED) is 0.516. The average molecular weight is 135 g/mol. The maximum Gasteiger partial charge on any atom is 0.182 e. The third-order valence-corrected chi connectivity index (χ3v) is 1.66. The van der Waals surface area contributed by atoms with Crippen molar-refractivity contribution in [2.75, 3.05) is 19.8 Å². The van der Waals surface area contributed by atoms with Crippen molar-refractivity contribution < 1.29 is 8.78 Å². The molecule has 0 aliphatic carbocycles. The third-order valence-electron chi connectivity index (χ3n) is 1.66. The van der Waals surface area contributed by atoms with E-state index < -0.39 is 13.0 Å². The molecule has 1 nitrogen and oxygen atoms in total. The highest BCUT2D eigenvalue weighted by Crippen LogP contribution is 2.12. The lowest BCUT2D eigenvalue weighted by Crippen LogP contribution is -2.30. The molecule has 0 spiro atoms. The van der Waals surface area contributed by atoms with Gasteiger partial charge in [-0.25, -0.2) is 8.78 Å². The molecule has 0 radical (unpaired) electrons. The van der Waals surface area contributed by atoms with Crippen molar-refractivity contribution in [2.45, 2.75) is 19.1 Å². The SMILES string of the molecule is FCC(F)N1CCCC1. The second-order valence-electron chi connectivity index (χ2n) is 2.33. The van der Waals surface area contributed by atoms with E-state index in [0.29, 0.717) is 0 Å². The fraction of sp³-hybridized carbons (Fsp3) is 1.00. The fourth-order valence-electron chi connectivity index (χ4n) is 1.12. The molecule has 1 heterocycles. The Morgan fingerprint density at radius 2 is 1.89 bits per heavy atom. The highest BCUT2D eigenvalue weighted by molar-refractivity contribution is 4.68. The van der Waals surface area contributed by atoms with Crippen LogP contribution in [0.3, 0.4) is 0 Å². The van der Waals surface area contributed by atoms with E-state index in [0.717, 1.165) is 25.9 Å². The van der Waals surface area contributed by atoms with E-state index >= 15 is 0 Å². The summed E-state index contributed by atoms with van der Waals surface area (Å²) in [5.41, 5.74) is 0. The molecule has 1 aliphatic rings. The monoisotopic (exact) mass is 135 g/mol. The van der Waals surface area contributed by atoms with Gasteiger partial charge in [0.2, 0.25) is 0 Å². The van der Waals surface area contributed by atoms with Crippen LogP contribution in [-0.4, -0.2) is 31.0 Å². The number of hydrogen-bond donors (Lipinski definition) is 0. The van der Waals surface area contributed by atoms with Gasteiger partial charge in [0, 0.05) is 13.1 Å². The number of hydrogen-bond acceptors (Lipinski definition) is 1. The van der Waals surface area contributed by atoms with Crippen molar-refractivity contribution in [1.82, 2.24) is 4.90 Å². The fourth-order valence-corrected chi connectivity index (χ4v) is 1.12. The van der Waals surface area contributed by atoms with Crippen molar-refractivity contribution in [2.24, 2.45) is 0 Å². The lowest BCUT2D eigenvalue weighted by atomic mass is 10.4. The van der Waals surface area contributed by atoms with Crippen molar-refractivity contribution in [3.05, 3.63) is 0 Å². The van der Waals surface area contributed by atoms with E-state index in [4.69, 9.17) is 0 Å². The molecule has 1 saturated heterocycles. The molecule has 0 aromatic rings. The number of halogens is 2. The summed E-state index contributed by atoms with van der Waals surface area (Å²) in [6, 6.07) is 0. The van der Waals surface area contributed by atoms with Crippen molar-refractivity contribution in [3.63, 3.8) is 0 Å². The van der Waals surface area contributed by atoms with Gasteiger partial charge in [0.05, 0.1) is 0 Å². The summed E-state index contributed by atoms with van der Waals surface area (Å²) >= 11 is 0. The standard InChI is InChI=1S/C6H11F2N/c7-5-6(8)9-3-1-2-4-9/h6H,1-5H2. The summed E-state index contributed by atoms with van der Waals surface area (Å²) in [5.74, 6) is 0. The Bertz CT molecular complexity index is 81.1. The maximum absolute atomic E-state index is 12.4. The van der Waals surface area contributed by atoms with Crippen molar-refractivity contribution in [1.29, 1.82) is 0 Å². The Morgan fingerprint density at radius 3 is 2.33 bits per heavy atom. The van der Waals surface area contributed by atoms with Crippen LogP contribution in [0, 0.1) is 0 Å². The van der Waals surface area contributed by atoms with Gasteiger partial charge in [-0.2, -0.15) is 0 Å². The topological polar surface area (TPSA) is 3.24 Å². The van der Waals surface area contributed by atoms with E-state index in [1.54, 1.807) is 4.90 Å². The van der Waals surface area contributed by atoms with Gasteiger partial charge in [-0.1, -0.05) is 0 Å². The second kappa shape index (κ2) is 3.11. The lowest BCUT2D eigenvalue weighted by Gasteiger charge is -2.16. The molecule has 1 atom stereocenters. The van der Waals surface area contributed by atoms with Gasteiger partial charge in [-0.15, -0.1) is 0 Å². The molecule has 1 aliphatic heterocycles. The molecule has 1 fully saturated rings. The Hall–Kier alpha value is -0.180. The molecule has 0 saturated carbocycles. The lowest BCUT2D eigenvalue weighted by molar-refractivity contribution is 0.0814. The zero-order chi connectivity index (χ0) is 6.69. The second-order valence-corrected chi connectivity index (χ2v) is 2.33. The molecule has 1 unspecified atom stereocenters. The van der Waals surface area contributed by atoms with Crippen LogP contribution in [0.4, 0.5) is 8.78 Å². The van der Waals surface area contributed by atoms with E-state index in [-0.39, 0.29) is 0 Å². The van der Waals surface area contributed by atoms with Gasteiger partial charge in [-0.3, -0.25) is 4.90 Å². The Labute approximate surface area is 53.6 Å². The van der Waals surface area contributed by atoms with Crippen molar-refractivity contribution in [3.8, 4) is 0 Å². The van der Waals surface area contributed by atoms with Gasteiger partial charge in [0.1, 0.15) is 6.67 Å². The summed E-state index contributed by atoms with van der Waals surface area (Å²) < 4.78 is 24.0. The van der Waals surface area contributed by atoms with Gasteiger partial charge in [-0.05, 0) is 12.8 Å². The van der Waals surface area contributed by atoms with Gasteiger partial charge in [0.15, 0.2) is 6.30 Å². The molecule has 1 rings (SSSR count). The molecule has 0 amide bonds. The summed E-state index contributed by atoms with van der Waals surface area (Å²) in [6.45, 7) is 0.593. The van der Waals surface area contributed by atoms with E-state index in [2.05, 4.69) is 0 Å². The predicted molar refractivity (Wildman–Crippen MR) is 31.7 cm³/mol. The Balaban J connectivity index is 2.24. The first-order valence-corrected chi connectivity index (χ1v) is 3.28. The molecule has 0 aromatic heterocycles. The first-order valence-electron chi connectivity index (χ1n) is 3.28. The van der Waals surface area contributed by atoms with E-state index in [1.807, 2.05) is 0 Å². The molecule has 3 heteroatoms. The van der Waals surface area contributed by atoms with Crippen LogP contribution in [-0.2, 0) is 0 Å². The summed E-state index contributed by atoms with van der Waals surface area (Å²) in [5, 5.41) is 0. The van der Waals surface area contributed by atoms with Crippen LogP contribution >= 0.6 is 0 Å². The minimum absolute atomic E-state index is 0.727. The molecular formula is C6H11F2N. The Kier molecular flexibility index (Phi) is 2.39. The number of alkyl halides is 2. The average Bonchev–Trinajstić information content (AvgIpc) is 2.37. The first-order chi connectivity index (χ1) is 4.34. The molecule has 0 N–H and O–H groups in total. The zero-order valence-corrected chi connectivity index (χ0v) is 5.32. The number of likely N-dealkylation sites (tertiary alicyclic amines) is 1. The van der Waals surface area contributed by atoms with Gasteiger partial charge < -0.3 is 0 Å². The highest BCUT2D eigenvalue weighted by atomic mass is 19.2. The predicted octanol–water partition coefficient (Wildman–Crippen LogP) is 1.35. The van der Waals surface area contributed by atoms with Crippen LogP contribution in [0.15, 0.2) is 0 Å². The molecular weight excluding hydrogens is 124 g/mol. The number of nitrogens with zero attached hydrogens (tertiary/aromatic N) is 1. The largest absolute Gasteiger partial charge is 0.272 e.